The third kappa shape index (κ3) is 3.00. The Balaban J connectivity index is 2.17. The molecule has 0 aromatic carbocycles. The van der Waals surface area contributed by atoms with Gasteiger partial charge in [0.25, 0.3) is 0 Å². The van der Waals surface area contributed by atoms with E-state index in [9.17, 15) is 0 Å². The molecule has 2 aromatic heterocycles. The molecule has 0 radical (unpaired) electrons. The first-order valence-corrected chi connectivity index (χ1v) is 5.58. The van der Waals surface area contributed by atoms with E-state index < -0.39 is 0 Å². The quantitative estimate of drug-likeness (QED) is 0.807. The predicted molar refractivity (Wildman–Crippen MR) is 67.9 cm³/mol. The molecule has 0 fully saturated rings. The van der Waals surface area contributed by atoms with Crippen molar-refractivity contribution in [2.75, 3.05) is 11.9 Å². The van der Waals surface area contributed by atoms with Gasteiger partial charge in [0.2, 0.25) is 5.95 Å². The molecule has 4 nitrogen and oxygen atoms in total. The maximum absolute atomic E-state index is 4.42. The lowest BCUT2D eigenvalue weighted by atomic mass is 10.3. The SMILES string of the molecule is Cc1cc(C)nc(N(C)Cc2ccccn2)n1. The summed E-state index contributed by atoms with van der Waals surface area (Å²) in [5.74, 6) is 0.744. The maximum atomic E-state index is 4.42. The van der Waals surface area contributed by atoms with Crippen molar-refractivity contribution < 1.29 is 0 Å². The van der Waals surface area contributed by atoms with Crippen LogP contribution in [0.25, 0.3) is 0 Å². The standard InChI is InChI=1S/C13H16N4/c1-10-8-11(2)16-13(15-10)17(3)9-12-6-4-5-7-14-12/h4-8H,9H2,1-3H3. The third-order valence-electron chi connectivity index (χ3n) is 2.44. The largest absolute Gasteiger partial charge is 0.338 e. The second kappa shape index (κ2) is 4.91. The Kier molecular flexibility index (Phi) is 3.32. The van der Waals surface area contributed by atoms with E-state index in [0.717, 1.165) is 23.0 Å². The number of nitrogens with zero attached hydrogens (tertiary/aromatic N) is 4. The molecule has 0 saturated heterocycles. The molecule has 0 unspecified atom stereocenters. The number of rotatable bonds is 3. The smallest absolute Gasteiger partial charge is 0.225 e. The lowest BCUT2D eigenvalue weighted by Gasteiger charge is -2.17. The van der Waals surface area contributed by atoms with Gasteiger partial charge in [-0.05, 0) is 32.0 Å². The molecule has 0 spiro atoms. The summed E-state index contributed by atoms with van der Waals surface area (Å²) in [6.07, 6.45) is 1.80. The van der Waals surface area contributed by atoms with Crippen LogP contribution in [0.15, 0.2) is 30.5 Å². The molecular formula is C13H16N4. The minimum atomic E-state index is 0.712. The van der Waals surface area contributed by atoms with E-state index in [4.69, 9.17) is 0 Å². The second-order valence-corrected chi connectivity index (χ2v) is 4.13. The van der Waals surface area contributed by atoms with Crippen molar-refractivity contribution in [3.05, 3.63) is 47.5 Å². The maximum Gasteiger partial charge on any atom is 0.225 e. The fourth-order valence-corrected chi connectivity index (χ4v) is 1.68. The molecule has 0 amide bonds. The summed E-state index contributed by atoms with van der Waals surface area (Å²) >= 11 is 0. The monoisotopic (exact) mass is 228 g/mol. The van der Waals surface area contributed by atoms with Crippen LogP contribution in [0.2, 0.25) is 0 Å². The summed E-state index contributed by atoms with van der Waals surface area (Å²) in [6.45, 7) is 4.67. The molecule has 0 aliphatic carbocycles. The second-order valence-electron chi connectivity index (χ2n) is 4.13. The van der Waals surface area contributed by atoms with Gasteiger partial charge in [-0.2, -0.15) is 0 Å². The van der Waals surface area contributed by atoms with Crippen LogP contribution in [0.4, 0.5) is 5.95 Å². The molecule has 0 aliphatic rings. The summed E-state index contributed by atoms with van der Waals surface area (Å²) in [7, 11) is 1.98. The molecule has 0 N–H and O–H groups in total. The van der Waals surface area contributed by atoms with Crippen LogP contribution >= 0.6 is 0 Å². The van der Waals surface area contributed by atoms with Gasteiger partial charge in [-0.1, -0.05) is 6.07 Å². The fraction of sp³-hybridized carbons (Fsp3) is 0.308. The first-order chi connectivity index (χ1) is 8.15. The minimum absolute atomic E-state index is 0.712. The first-order valence-electron chi connectivity index (χ1n) is 5.58. The Labute approximate surface area is 101 Å². The van der Waals surface area contributed by atoms with Gasteiger partial charge in [-0.15, -0.1) is 0 Å². The number of anilines is 1. The Hall–Kier alpha value is -1.97. The summed E-state index contributed by atoms with van der Waals surface area (Å²) in [4.78, 5) is 15.1. The molecule has 2 rings (SSSR count). The van der Waals surface area contributed by atoms with Crippen molar-refractivity contribution in [3.8, 4) is 0 Å². The van der Waals surface area contributed by atoms with E-state index in [2.05, 4.69) is 15.0 Å². The molecule has 2 heterocycles. The van der Waals surface area contributed by atoms with Crippen LogP contribution in [0.5, 0.6) is 0 Å². The normalized spacial score (nSPS) is 10.3. The minimum Gasteiger partial charge on any atom is -0.338 e. The zero-order chi connectivity index (χ0) is 12.3. The highest BCUT2D eigenvalue weighted by Crippen LogP contribution is 2.10. The van der Waals surface area contributed by atoms with Crippen LogP contribution in [0.1, 0.15) is 17.1 Å². The molecular weight excluding hydrogens is 212 g/mol. The van der Waals surface area contributed by atoms with E-state index >= 15 is 0 Å². The Morgan fingerprint density at radius 2 is 1.82 bits per heavy atom. The summed E-state index contributed by atoms with van der Waals surface area (Å²) in [6, 6.07) is 7.87. The van der Waals surface area contributed by atoms with Crippen LogP contribution in [-0.4, -0.2) is 22.0 Å². The van der Waals surface area contributed by atoms with E-state index in [1.54, 1.807) is 6.20 Å². The summed E-state index contributed by atoms with van der Waals surface area (Å²) < 4.78 is 0. The van der Waals surface area contributed by atoms with Crippen molar-refractivity contribution in [2.45, 2.75) is 20.4 Å². The van der Waals surface area contributed by atoms with Crippen LogP contribution in [0.3, 0.4) is 0 Å². The van der Waals surface area contributed by atoms with Crippen molar-refractivity contribution in [1.82, 2.24) is 15.0 Å². The molecule has 0 aliphatic heterocycles. The van der Waals surface area contributed by atoms with Crippen LogP contribution < -0.4 is 4.90 Å². The number of hydrogen-bond donors (Lipinski definition) is 0. The number of hydrogen-bond acceptors (Lipinski definition) is 4. The number of aromatic nitrogens is 3. The summed E-state index contributed by atoms with van der Waals surface area (Å²) in [5, 5.41) is 0. The molecule has 88 valence electrons. The van der Waals surface area contributed by atoms with Crippen molar-refractivity contribution in [2.24, 2.45) is 0 Å². The van der Waals surface area contributed by atoms with Crippen molar-refractivity contribution in [1.29, 1.82) is 0 Å². The van der Waals surface area contributed by atoms with E-state index in [1.165, 1.54) is 0 Å². The van der Waals surface area contributed by atoms with Gasteiger partial charge >= 0.3 is 0 Å². The summed E-state index contributed by atoms with van der Waals surface area (Å²) in [5.41, 5.74) is 2.98. The predicted octanol–water partition coefficient (Wildman–Crippen LogP) is 2.12. The molecule has 4 heteroatoms. The van der Waals surface area contributed by atoms with Gasteiger partial charge in [-0.25, -0.2) is 9.97 Å². The van der Waals surface area contributed by atoms with E-state index in [0.29, 0.717) is 6.54 Å². The lowest BCUT2D eigenvalue weighted by Crippen LogP contribution is -2.20. The highest BCUT2D eigenvalue weighted by Gasteiger charge is 2.06. The van der Waals surface area contributed by atoms with Gasteiger partial charge < -0.3 is 4.90 Å². The zero-order valence-corrected chi connectivity index (χ0v) is 10.4. The Morgan fingerprint density at radius 3 is 2.41 bits per heavy atom. The van der Waals surface area contributed by atoms with Gasteiger partial charge in [0.05, 0.1) is 12.2 Å². The Bertz CT molecular complexity index is 476. The van der Waals surface area contributed by atoms with Crippen LogP contribution in [0, 0.1) is 13.8 Å². The topological polar surface area (TPSA) is 41.9 Å². The average Bonchev–Trinajstić information content (AvgIpc) is 2.29. The lowest BCUT2D eigenvalue weighted by molar-refractivity contribution is 0.830. The zero-order valence-electron chi connectivity index (χ0n) is 10.4. The van der Waals surface area contributed by atoms with Gasteiger partial charge in [0, 0.05) is 24.6 Å². The highest BCUT2D eigenvalue weighted by atomic mass is 15.2. The average molecular weight is 228 g/mol. The Morgan fingerprint density at radius 1 is 1.12 bits per heavy atom. The molecule has 0 bridgehead atoms. The van der Waals surface area contributed by atoms with Gasteiger partial charge in [-0.3, -0.25) is 4.98 Å². The third-order valence-corrected chi connectivity index (χ3v) is 2.44. The molecule has 2 aromatic rings. The van der Waals surface area contributed by atoms with E-state index in [1.807, 2.05) is 50.1 Å². The molecule has 0 saturated carbocycles. The highest BCUT2D eigenvalue weighted by molar-refractivity contribution is 5.31. The van der Waals surface area contributed by atoms with E-state index in [-0.39, 0.29) is 0 Å². The number of aryl methyl sites for hydroxylation is 2. The van der Waals surface area contributed by atoms with Crippen LogP contribution in [-0.2, 0) is 6.54 Å². The van der Waals surface area contributed by atoms with Crippen molar-refractivity contribution in [3.63, 3.8) is 0 Å². The fourth-order valence-electron chi connectivity index (χ4n) is 1.68. The molecule has 17 heavy (non-hydrogen) atoms. The van der Waals surface area contributed by atoms with Gasteiger partial charge in [0.15, 0.2) is 0 Å². The molecule has 0 atom stereocenters. The van der Waals surface area contributed by atoms with Crippen molar-refractivity contribution >= 4 is 5.95 Å². The first kappa shape index (κ1) is 11.5. The van der Waals surface area contributed by atoms with Gasteiger partial charge in [0.1, 0.15) is 0 Å². The number of pyridine rings is 1.